The van der Waals surface area contributed by atoms with E-state index in [1.165, 1.54) is 12.1 Å². The molecule has 1 aromatic carbocycles. The molecule has 1 aliphatic heterocycles. The van der Waals surface area contributed by atoms with Crippen LogP contribution in [-0.4, -0.2) is 28.1 Å². The Hall–Kier alpha value is -0.690. The van der Waals surface area contributed by atoms with Gasteiger partial charge < -0.3 is 5.32 Å². The second kappa shape index (κ2) is 6.17. The molecule has 2 N–H and O–H groups in total. The molecule has 1 saturated heterocycles. The van der Waals surface area contributed by atoms with Crippen LogP contribution >= 0.6 is 11.6 Å². The topological polar surface area (TPSA) is 58.2 Å². The number of nitrogens with one attached hydrogen (secondary N) is 2. The summed E-state index contributed by atoms with van der Waals surface area (Å²) in [7, 11) is -3.80. The van der Waals surface area contributed by atoms with Gasteiger partial charge in [-0.25, -0.2) is 17.5 Å². The van der Waals surface area contributed by atoms with Gasteiger partial charge >= 0.3 is 0 Å². The van der Waals surface area contributed by atoms with Crippen molar-refractivity contribution in [2.45, 2.75) is 17.7 Å². The highest BCUT2D eigenvalue weighted by Gasteiger charge is 2.20. The number of benzene rings is 1. The van der Waals surface area contributed by atoms with Crippen molar-refractivity contribution in [1.82, 2.24) is 10.0 Å². The smallest absolute Gasteiger partial charge is 0.243 e. The van der Waals surface area contributed by atoms with E-state index in [1.54, 1.807) is 0 Å². The number of sulfonamides is 1. The van der Waals surface area contributed by atoms with Crippen LogP contribution in [0.5, 0.6) is 0 Å². The number of halogens is 2. The van der Waals surface area contributed by atoms with Crippen molar-refractivity contribution in [1.29, 1.82) is 0 Å². The van der Waals surface area contributed by atoms with Gasteiger partial charge in [0.05, 0.1) is 0 Å². The Kier molecular flexibility index (Phi) is 4.78. The zero-order valence-corrected chi connectivity index (χ0v) is 11.9. The van der Waals surface area contributed by atoms with Gasteiger partial charge in [-0.1, -0.05) is 11.6 Å². The Morgan fingerprint density at radius 1 is 1.47 bits per heavy atom. The van der Waals surface area contributed by atoms with Crippen molar-refractivity contribution in [3.05, 3.63) is 29.0 Å². The van der Waals surface area contributed by atoms with Crippen LogP contribution in [0.1, 0.15) is 12.8 Å². The predicted octanol–water partition coefficient (Wildman–Crippen LogP) is 1.76. The first kappa shape index (κ1) is 14.7. The van der Waals surface area contributed by atoms with E-state index in [0.29, 0.717) is 12.5 Å². The van der Waals surface area contributed by atoms with Crippen molar-refractivity contribution in [2.75, 3.05) is 19.6 Å². The summed E-state index contributed by atoms with van der Waals surface area (Å²) in [6, 6.07) is 3.54. The van der Waals surface area contributed by atoms with E-state index < -0.39 is 15.8 Å². The Balaban J connectivity index is 1.97. The minimum Gasteiger partial charge on any atom is -0.316 e. The SMILES string of the molecule is O=S(=O)(NCC[C@@H]1CCNC1)c1ccc(Cl)cc1F. The Labute approximate surface area is 117 Å². The Morgan fingerprint density at radius 3 is 2.89 bits per heavy atom. The molecule has 0 aliphatic carbocycles. The molecule has 7 heteroatoms. The number of hydrogen-bond acceptors (Lipinski definition) is 3. The van der Waals surface area contributed by atoms with E-state index >= 15 is 0 Å². The molecule has 1 fully saturated rings. The lowest BCUT2D eigenvalue weighted by atomic mass is 10.1. The Morgan fingerprint density at radius 2 is 2.26 bits per heavy atom. The third-order valence-electron chi connectivity index (χ3n) is 3.19. The third-order valence-corrected chi connectivity index (χ3v) is 4.92. The van der Waals surface area contributed by atoms with Crippen LogP contribution in [-0.2, 0) is 10.0 Å². The van der Waals surface area contributed by atoms with Crippen molar-refractivity contribution in [3.8, 4) is 0 Å². The molecule has 0 amide bonds. The van der Waals surface area contributed by atoms with Crippen molar-refractivity contribution >= 4 is 21.6 Å². The third kappa shape index (κ3) is 3.89. The summed E-state index contributed by atoms with van der Waals surface area (Å²) in [6.07, 6.45) is 1.80. The molecular weight excluding hydrogens is 291 g/mol. The van der Waals surface area contributed by atoms with Gasteiger partial charge in [-0.2, -0.15) is 0 Å². The summed E-state index contributed by atoms with van der Waals surface area (Å²) < 4.78 is 39.8. The van der Waals surface area contributed by atoms with E-state index in [9.17, 15) is 12.8 Å². The zero-order chi connectivity index (χ0) is 13.9. The molecule has 106 valence electrons. The van der Waals surface area contributed by atoms with E-state index in [4.69, 9.17) is 11.6 Å². The number of rotatable bonds is 5. The highest BCUT2D eigenvalue weighted by molar-refractivity contribution is 7.89. The number of hydrogen-bond donors (Lipinski definition) is 2. The summed E-state index contributed by atoms with van der Waals surface area (Å²) in [5.74, 6) is -0.347. The lowest BCUT2D eigenvalue weighted by Crippen LogP contribution is -2.27. The molecular formula is C12H16ClFN2O2S. The van der Waals surface area contributed by atoms with Gasteiger partial charge in [0, 0.05) is 11.6 Å². The second-order valence-electron chi connectivity index (χ2n) is 4.62. The zero-order valence-electron chi connectivity index (χ0n) is 10.3. The van der Waals surface area contributed by atoms with Gasteiger partial charge in [0.15, 0.2) is 0 Å². The average Bonchev–Trinajstić information content (AvgIpc) is 2.81. The monoisotopic (exact) mass is 306 g/mol. The van der Waals surface area contributed by atoms with Crippen molar-refractivity contribution in [2.24, 2.45) is 5.92 Å². The van der Waals surface area contributed by atoms with Crippen molar-refractivity contribution < 1.29 is 12.8 Å². The van der Waals surface area contributed by atoms with Gasteiger partial charge in [0.2, 0.25) is 10.0 Å². The van der Waals surface area contributed by atoms with Gasteiger partial charge in [-0.15, -0.1) is 0 Å². The van der Waals surface area contributed by atoms with Crippen LogP contribution in [0.3, 0.4) is 0 Å². The normalized spacial score (nSPS) is 19.8. The Bertz CT molecular complexity index is 545. The molecule has 1 heterocycles. The maximum Gasteiger partial charge on any atom is 0.243 e. The minimum absolute atomic E-state index is 0.175. The summed E-state index contributed by atoms with van der Waals surface area (Å²) in [6.45, 7) is 2.21. The molecule has 19 heavy (non-hydrogen) atoms. The van der Waals surface area contributed by atoms with Crippen LogP contribution in [0.2, 0.25) is 5.02 Å². The van der Waals surface area contributed by atoms with E-state index in [-0.39, 0.29) is 9.92 Å². The molecule has 1 atom stereocenters. The van der Waals surface area contributed by atoms with Crippen LogP contribution in [0.15, 0.2) is 23.1 Å². The fourth-order valence-electron chi connectivity index (χ4n) is 2.13. The van der Waals surface area contributed by atoms with Crippen LogP contribution in [0, 0.1) is 11.7 Å². The van der Waals surface area contributed by atoms with E-state index in [0.717, 1.165) is 32.0 Å². The van der Waals surface area contributed by atoms with Crippen LogP contribution < -0.4 is 10.0 Å². The standard InChI is InChI=1S/C12H16ClFN2O2S/c13-10-1-2-12(11(14)7-10)19(17,18)16-6-4-9-3-5-15-8-9/h1-2,7,9,15-16H,3-6,8H2/t9-/m0/s1. The van der Waals surface area contributed by atoms with Gasteiger partial charge in [-0.3, -0.25) is 0 Å². The molecule has 0 aromatic heterocycles. The van der Waals surface area contributed by atoms with Crippen LogP contribution in [0.25, 0.3) is 0 Å². The fourth-order valence-corrected chi connectivity index (χ4v) is 3.39. The minimum atomic E-state index is -3.80. The first-order chi connectivity index (χ1) is 8.99. The maximum absolute atomic E-state index is 13.6. The highest BCUT2D eigenvalue weighted by atomic mass is 35.5. The fraction of sp³-hybridized carbons (Fsp3) is 0.500. The molecule has 1 aliphatic rings. The molecule has 0 radical (unpaired) electrons. The first-order valence-corrected chi connectivity index (χ1v) is 8.00. The summed E-state index contributed by atoms with van der Waals surface area (Å²) in [4.78, 5) is -0.360. The molecule has 2 rings (SSSR count). The molecule has 4 nitrogen and oxygen atoms in total. The van der Waals surface area contributed by atoms with E-state index in [1.807, 2.05) is 0 Å². The second-order valence-corrected chi connectivity index (χ2v) is 6.79. The molecule has 0 bridgehead atoms. The molecule has 0 unspecified atom stereocenters. The van der Waals surface area contributed by atoms with Gasteiger partial charge in [0.1, 0.15) is 10.7 Å². The quantitative estimate of drug-likeness (QED) is 0.871. The summed E-state index contributed by atoms with van der Waals surface area (Å²) in [5.41, 5.74) is 0. The highest BCUT2D eigenvalue weighted by Crippen LogP contribution is 2.19. The maximum atomic E-state index is 13.6. The molecule has 1 aromatic rings. The van der Waals surface area contributed by atoms with Gasteiger partial charge in [0.25, 0.3) is 0 Å². The largest absolute Gasteiger partial charge is 0.316 e. The summed E-state index contributed by atoms with van der Waals surface area (Å²) >= 11 is 5.60. The first-order valence-electron chi connectivity index (χ1n) is 6.14. The average molecular weight is 307 g/mol. The van der Waals surface area contributed by atoms with E-state index in [2.05, 4.69) is 10.0 Å². The lowest BCUT2D eigenvalue weighted by molar-refractivity contribution is 0.515. The van der Waals surface area contributed by atoms with Gasteiger partial charge in [-0.05, 0) is 50.0 Å². The summed E-state index contributed by atoms with van der Waals surface area (Å²) in [5, 5.41) is 3.39. The predicted molar refractivity (Wildman–Crippen MR) is 72.2 cm³/mol. The molecule has 0 spiro atoms. The van der Waals surface area contributed by atoms with Crippen molar-refractivity contribution in [3.63, 3.8) is 0 Å². The molecule has 0 saturated carbocycles. The van der Waals surface area contributed by atoms with Crippen LogP contribution in [0.4, 0.5) is 4.39 Å². The lowest BCUT2D eigenvalue weighted by Gasteiger charge is -2.10.